The van der Waals surface area contributed by atoms with Crippen molar-refractivity contribution >= 4 is 17.2 Å². The molecule has 0 unspecified atom stereocenters. The third-order valence-corrected chi connectivity index (χ3v) is 6.31. The molecule has 7 heteroatoms. The largest absolute Gasteiger partial charge is 0.434 e. The Hall–Kier alpha value is -1.11. The van der Waals surface area contributed by atoms with Gasteiger partial charge in [0, 0.05) is 30.8 Å². The average Bonchev–Trinajstić information content (AvgIpc) is 3.24. The molecule has 0 radical (unpaired) electrons. The number of carbonyl (C=O) groups is 1. The Labute approximate surface area is 144 Å². The van der Waals surface area contributed by atoms with Crippen LogP contribution >= 0.6 is 11.3 Å². The normalized spacial score (nSPS) is 20.5. The van der Waals surface area contributed by atoms with Crippen LogP contribution in [0.2, 0.25) is 0 Å². The van der Waals surface area contributed by atoms with Crippen molar-refractivity contribution in [3.8, 4) is 0 Å². The number of amides is 1. The van der Waals surface area contributed by atoms with Crippen molar-refractivity contribution in [3.05, 3.63) is 16.1 Å². The number of carbonyl (C=O) groups excluding carboxylic acids is 1. The standard InChI is InChI=1S/C17H23F3N2OS/c1-16(2,12-3-4-12)9-14(23)22-7-5-11(6-8-22)15-21-13(10-24-15)17(18,19)20/h10-12H,3-9H2,1-2H3. The van der Waals surface area contributed by atoms with Crippen LogP contribution in [0, 0.1) is 11.3 Å². The van der Waals surface area contributed by atoms with Crippen molar-refractivity contribution in [2.75, 3.05) is 13.1 Å². The summed E-state index contributed by atoms with van der Waals surface area (Å²) in [6.07, 6.45) is 0.0142. The molecule has 0 bridgehead atoms. The molecule has 3 rings (SSSR count). The highest BCUT2D eigenvalue weighted by atomic mass is 32.1. The predicted molar refractivity (Wildman–Crippen MR) is 86.8 cm³/mol. The summed E-state index contributed by atoms with van der Waals surface area (Å²) in [7, 11) is 0. The van der Waals surface area contributed by atoms with E-state index < -0.39 is 11.9 Å². The number of rotatable bonds is 4. The fraction of sp³-hybridized carbons (Fsp3) is 0.765. The third kappa shape index (κ3) is 3.92. The van der Waals surface area contributed by atoms with E-state index in [4.69, 9.17) is 0 Å². The van der Waals surface area contributed by atoms with Gasteiger partial charge in [-0.15, -0.1) is 11.3 Å². The second kappa shape index (κ2) is 6.32. The zero-order chi connectivity index (χ0) is 17.5. The lowest BCUT2D eigenvalue weighted by Crippen LogP contribution is -2.40. The first-order valence-electron chi connectivity index (χ1n) is 8.47. The molecule has 0 spiro atoms. The Kier molecular flexibility index (Phi) is 4.66. The van der Waals surface area contributed by atoms with E-state index >= 15 is 0 Å². The third-order valence-electron chi connectivity index (χ3n) is 5.30. The van der Waals surface area contributed by atoms with Gasteiger partial charge < -0.3 is 4.90 Å². The molecule has 1 aliphatic carbocycles. The zero-order valence-electron chi connectivity index (χ0n) is 14.0. The van der Waals surface area contributed by atoms with Crippen molar-refractivity contribution in [1.29, 1.82) is 0 Å². The Morgan fingerprint density at radius 1 is 1.25 bits per heavy atom. The number of halogens is 3. The number of hydrogen-bond acceptors (Lipinski definition) is 3. The number of nitrogens with zero attached hydrogens (tertiary/aromatic N) is 2. The first-order chi connectivity index (χ1) is 11.2. The molecule has 2 fully saturated rings. The molecule has 1 aromatic rings. The molecule has 0 atom stereocenters. The second-order valence-corrected chi connectivity index (χ2v) is 8.55. The predicted octanol–water partition coefficient (Wildman–Crippen LogP) is 4.69. The van der Waals surface area contributed by atoms with Crippen LogP contribution in [0.25, 0.3) is 0 Å². The summed E-state index contributed by atoms with van der Waals surface area (Å²) in [4.78, 5) is 18.1. The van der Waals surface area contributed by atoms with Gasteiger partial charge in [0.2, 0.25) is 5.91 Å². The van der Waals surface area contributed by atoms with Crippen LogP contribution in [0.4, 0.5) is 13.2 Å². The van der Waals surface area contributed by atoms with Gasteiger partial charge in [-0.25, -0.2) is 4.98 Å². The first-order valence-corrected chi connectivity index (χ1v) is 9.35. The van der Waals surface area contributed by atoms with E-state index in [-0.39, 0.29) is 17.2 Å². The molecular formula is C17H23F3N2OS. The van der Waals surface area contributed by atoms with Gasteiger partial charge in [0.1, 0.15) is 0 Å². The minimum atomic E-state index is -4.38. The van der Waals surface area contributed by atoms with Crippen molar-refractivity contribution < 1.29 is 18.0 Å². The van der Waals surface area contributed by atoms with E-state index in [1.54, 1.807) is 0 Å². The Morgan fingerprint density at radius 2 is 1.88 bits per heavy atom. The number of thiazole rings is 1. The van der Waals surface area contributed by atoms with Gasteiger partial charge in [0.05, 0.1) is 5.01 Å². The Bertz CT molecular complexity index is 599. The quantitative estimate of drug-likeness (QED) is 0.780. The number of hydrogen-bond donors (Lipinski definition) is 0. The Morgan fingerprint density at radius 3 is 2.38 bits per heavy atom. The summed E-state index contributed by atoms with van der Waals surface area (Å²) in [6.45, 7) is 5.55. The van der Waals surface area contributed by atoms with Crippen LogP contribution < -0.4 is 0 Å². The van der Waals surface area contributed by atoms with Gasteiger partial charge in [0.15, 0.2) is 5.69 Å². The van der Waals surface area contributed by atoms with Crippen molar-refractivity contribution in [1.82, 2.24) is 9.88 Å². The highest BCUT2D eigenvalue weighted by Gasteiger charge is 2.40. The molecular weight excluding hydrogens is 337 g/mol. The van der Waals surface area contributed by atoms with Crippen LogP contribution in [-0.4, -0.2) is 28.9 Å². The fourth-order valence-corrected chi connectivity index (χ4v) is 4.49. The molecule has 1 saturated carbocycles. The fourth-order valence-electron chi connectivity index (χ4n) is 3.49. The number of likely N-dealkylation sites (tertiary alicyclic amines) is 1. The molecule has 3 nitrogen and oxygen atoms in total. The molecule has 1 saturated heterocycles. The minimum absolute atomic E-state index is 0.0339. The summed E-state index contributed by atoms with van der Waals surface area (Å²) in [6, 6.07) is 0. The molecule has 1 amide bonds. The molecule has 2 aliphatic rings. The van der Waals surface area contributed by atoms with Gasteiger partial charge in [-0.05, 0) is 37.0 Å². The molecule has 134 valence electrons. The molecule has 1 aliphatic heterocycles. The molecule has 24 heavy (non-hydrogen) atoms. The van der Waals surface area contributed by atoms with Gasteiger partial charge in [-0.1, -0.05) is 13.8 Å². The van der Waals surface area contributed by atoms with E-state index in [0.29, 0.717) is 43.3 Å². The lowest BCUT2D eigenvalue weighted by molar-refractivity contribution is -0.140. The lowest BCUT2D eigenvalue weighted by Gasteiger charge is -2.34. The summed E-state index contributed by atoms with van der Waals surface area (Å²) in [5.41, 5.74) is -0.739. The van der Waals surface area contributed by atoms with Crippen LogP contribution in [0.15, 0.2) is 5.38 Å². The molecule has 2 heterocycles. The number of piperidine rings is 1. The second-order valence-electron chi connectivity index (χ2n) is 7.66. The highest BCUT2D eigenvalue weighted by Crippen LogP contribution is 2.47. The van der Waals surface area contributed by atoms with E-state index in [1.165, 1.54) is 12.8 Å². The summed E-state index contributed by atoms with van der Waals surface area (Å²) in [5.74, 6) is 0.877. The van der Waals surface area contributed by atoms with Crippen LogP contribution in [0.3, 0.4) is 0 Å². The van der Waals surface area contributed by atoms with Crippen LogP contribution in [0.1, 0.15) is 62.6 Å². The number of aromatic nitrogens is 1. The minimum Gasteiger partial charge on any atom is -0.343 e. The highest BCUT2D eigenvalue weighted by molar-refractivity contribution is 7.09. The maximum Gasteiger partial charge on any atom is 0.434 e. The van der Waals surface area contributed by atoms with E-state index in [9.17, 15) is 18.0 Å². The molecule has 0 aromatic carbocycles. The monoisotopic (exact) mass is 360 g/mol. The van der Waals surface area contributed by atoms with Crippen LogP contribution in [0.5, 0.6) is 0 Å². The maximum atomic E-state index is 12.7. The van der Waals surface area contributed by atoms with Gasteiger partial charge >= 0.3 is 6.18 Å². The van der Waals surface area contributed by atoms with Crippen molar-refractivity contribution in [2.45, 2.75) is 58.0 Å². The topological polar surface area (TPSA) is 33.2 Å². The summed E-state index contributed by atoms with van der Waals surface area (Å²) in [5, 5.41) is 1.64. The van der Waals surface area contributed by atoms with Crippen molar-refractivity contribution in [3.63, 3.8) is 0 Å². The molecule has 0 N–H and O–H groups in total. The van der Waals surface area contributed by atoms with Crippen molar-refractivity contribution in [2.24, 2.45) is 11.3 Å². The average molecular weight is 360 g/mol. The Balaban J connectivity index is 1.54. The summed E-state index contributed by atoms with van der Waals surface area (Å²) < 4.78 is 38.0. The summed E-state index contributed by atoms with van der Waals surface area (Å²) >= 11 is 1.08. The van der Waals surface area contributed by atoms with E-state index in [0.717, 1.165) is 16.7 Å². The maximum absolute atomic E-state index is 12.7. The lowest BCUT2D eigenvalue weighted by atomic mass is 9.83. The SMILES string of the molecule is CC(C)(CC(=O)N1CCC(c2nc(C(F)(F)F)cs2)CC1)C1CC1. The first kappa shape index (κ1) is 17.7. The zero-order valence-corrected chi connectivity index (χ0v) is 14.8. The van der Waals surface area contributed by atoms with Gasteiger partial charge in [0.25, 0.3) is 0 Å². The van der Waals surface area contributed by atoms with Gasteiger partial charge in [-0.3, -0.25) is 4.79 Å². The smallest absolute Gasteiger partial charge is 0.343 e. The van der Waals surface area contributed by atoms with E-state index in [1.807, 2.05) is 4.90 Å². The number of alkyl halides is 3. The van der Waals surface area contributed by atoms with E-state index in [2.05, 4.69) is 18.8 Å². The van der Waals surface area contributed by atoms with Crippen LogP contribution in [-0.2, 0) is 11.0 Å². The molecule has 1 aromatic heterocycles. The van der Waals surface area contributed by atoms with Gasteiger partial charge in [-0.2, -0.15) is 13.2 Å².